The number of likely N-dealkylation sites (tertiary alicyclic amines) is 1. The van der Waals surface area contributed by atoms with Crippen LogP contribution in [0.25, 0.3) is 0 Å². The maximum Gasteiger partial charge on any atom is 0.289 e. The van der Waals surface area contributed by atoms with Crippen molar-refractivity contribution in [1.29, 1.82) is 0 Å². The molecule has 4 atom stereocenters. The minimum Gasteiger partial charge on any atom is -0.387 e. The zero-order chi connectivity index (χ0) is 33.8. The van der Waals surface area contributed by atoms with Gasteiger partial charge in [-0.25, -0.2) is 0 Å². The van der Waals surface area contributed by atoms with Crippen LogP contribution in [0, 0.1) is 11.3 Å². The highest BCUT2D eigenvalue weighted by molar-refractivity contribution is 6.38. The molecule has 1 saturated heterocycles. The molecule has 5 rings (SSSR count). The lowest BCUT2D eigenvalue weighted by atomic mass is 9.84. The minimum absolute atomic E-state index is 0.00760. The van der Waals surface area contributed by atoms with Gasteiger partial charge in [0.15, 0.2) is 5.60 Å². The number of hydrogen-bond donors (Lipinski definition) is 3. The normalized spacial score (nSPS) is 24.2. The number of Topliss-reactive ketones (excluding diaryl/α,β-unsaturated/α-hetero) is 1. The van der Waals surface area contributed by atoms with Gasteiger partial charge in [0.1, 0.15) is 12.1 Å². The molecular formula is C36H51N5O6. The van der Waals surface area contributed by atoms with Gasteiger partial charge in [-0.1, -0.05) is 88.9 Å². The smallest absolute Gasteiger partial charge is 0.289 e. The molecule has 0 unspecified atom stereocenters. The second-order valence-corrected chi connectivity index (χ2v) is 15.1. The quantitative estimate of drug-likeness (QED) is 0.294. The number of benzene rings is 1. The number of ketones is 1. The average molecular weight is 650 g/mol. The Morgan fingerprint density at radius 1 is 1.00 bits per heavy atom. The molecule has 1 spiro atoms. The fourth-order valence-corrected chi connectivity index (χ4v) is 7.07. The van der Waals surface area contributed by atoms with Gasteiger partial charge in [0, 0.05) is 25.3 Å². The Morgan fingerprint density at radius 2 is 1.70 bits per heavy atom. The van der Waals surface area contributed by atoms with Crippen molar-refractivity contribution in [3.63, 3.8) is 0 Å². The third kappa shape index (κ3) is 8.59. The Morgan fingerprint density at radius 3 is 2.34 bits per heavy atom. The fourth-order valence-electron chi connectivity index (χ4n) is 7.07. The molecule has 11 nitrogen and oxygen atoms in total. The van der Waals surface area contributed by atoms with E-state index in [0.29, 0.717) is 25.2 Å². The van der Waals surface area contributed by atoms with Gasteiger partial charge in [0.25, 0.3) is 5.91 Å². The molecule has 3 N–H and O–H groups in total. The number of carbonyl (C=O) groups excluding carboxylic acids is 5. The predicted molar refractivity (Wildman–Crippen MR) is 177 cm³/mol. The van der Waals surface area contributed by atoms with Crippen molar-refractivity contribution in [2.75, 3.05) is 6.54 Å². The summed E-state index contributed by atoms with van der Waals surface area (Å²) in [6, 6.07) is 6.73. The largest absolute Gasteiger partial charge is 0.387 e. The van der Waals surface area contributed by atoms with Crippen molar-refractivity contribution in [3.05, 3.63) is 35.9 Å². The van der Waals surface area contributed by atoms with Crippen molar-refractivity contribution in [3.8, 4) is 0 Å². The van der Waals surface area contributed by atoms with Gasteiger partial charge in [-0.15, -0.1) is 0 Å². The molecule has 2 aliphatic carbocycles. The lowest BCUT2D eigenvalue weighted by molar-refractivity contribution is -0.145. The van der Waals surface area contributed by atoms with E-state index >= 15 is 0 Å². The van der Waals surface area contributed by atoms with E-state index in [9.17, 15) is 24.0 Å². The topological polar surface area (TPSA) is 146 Å². The molecule has 11 heteroatoms. The van der Waals surface area contributed by atoms with Crippen LogP contribution in [0.4, 0.5) is 0 Å². The van der Waals surface area contributed by atoms with Crippen molar-refractivity contribution in [2.24, 2.45) is 16.5 Å². The second kappa shape index (κ2) is 14.6. The molecule has 0 bridgehead atoms. The van der Waals surface area contributed by atoms with E-state index in [1.54, 1.807) is 0 Å². The highest BCUT2D eigenvalue weighted by Gasteiger charge is 2.55. The summed E-state index contributed by atoms with van der Waals surface area (Å²) in [6.45, 7) is 7.66. The van der Waals surface area contributed by atoms with Gasteiger partial charge < -0.3 is 25.7 Å². The molecule has 1 aromatic rings. The van der Waals surface area contributed by atoms with Crippen molar-refractivity contribution in [2.45, 2.75) is 135 Å². The van der Waals surface area contributed by atoms with E-state index in [0.717, 1.165) is 49.8 Å². The highest BCUT2D eigenvalue weighted by Crippen LogP contribution is 2.40. The first-order valence-corrected chi connectivity index (χ1v) is 17.4. The zero-order valence-electron chi connectivity index (χ0n) is 28.3. The van der Waals surface area contributed by atoms with Crippen LogP contribution in [0.5, 0.6) is 0 Å². The first-order chi connectivity index (χ1) is 22.4. The van der Waals surface area contributed by atoms with Gasteiger partial charge in [0.2, 0.25) is 23.5 Å². The van der Waals surface area contributed by atoms with Crippen LogP contribution in [-0.4, -0.2) is 76.3 Å². The Labute approximate surface area is 278 Å². The van der Waals surface area contributed by atoms with Crippen LogP contribution in [0.15, 0.2) is 35.5 Å². The van der Waals surface area contributed by atoms with Gasteiger partial charge in [-0.05, 0) is 49.0 Å². The van der Waals surface area contributed by atoms with Gasteiger partial charge in [-0.3, -0.25) is 24.0 Å². The molecule has 256 valence electrons. The van der Waals surface area contributed by atoms with E-state index in [1.807, 2.05) is 58.0 Å². The van der Waals surface area contributed by atoms with Crippen molar-refractivity contribution < 1.29 is 28.8 Å². The number of nitrogens with one attached hydrogen (secondary N) is 3. The number of nitrogens with zero attached hydrogens (tertiary/aromatic N) is 2. The first kappa shape index (κ1) is 34.6. The summed E-state index contributed by atoms with van der Waals surface area (Å²) in [6.07, 6.45) is 8.88. The predicted octanol–water partition coefficient (Wildman–Crippen LogP) is 3.78. The SMILES string of the molecule is CCC[C@H](NC(=O)[C@@H]1C[C@]2(CC(c3ccccc3)=NO2)CN1C(=O)[C@@H](NC(=O)CC1CCCCC1)C(C)(C)C)C(=O)C(=O)NC1CC1. The van der Waals surface area contributed by atoms with Gasteiger partial charge in [0.05, 0.1) is 18.3 Å². The fraction of sp³-hybridized carbons (Fsp3) is 0.667. The summed E-state index contributed by atoms with van der Waals surface area (Å²) in [4.78, 5) is 75.3. The number of hydrogen-bond acceptors (Lipinski definition) is 7. The van der Waals surface area contributed by atoms with Gasteiger partial charge in [-0.2, -0.15) is 0 Å². The second-order valence-electron chi connectivity index (χ2n) is 15.1. The molecule has 2 heterocycles. The lowest BCUT2D eigenvalue weighted by Gasteiger charge is -2.36. The molecule has 47 heavy (non-hydrogen) atoms. The molecule has 0 radical (unpaired) electrons. The lowest BCUT2D eigenvalue weighted by Crippen LogP contribution is -2.59. The summed E-state index contributed by atoms with van der Waals surface area (Å²) < 4.78 is 0. The number of amides is 4. The van der Waals surface area contributed by atoms with Crippen LogP contribution in [0.1, 0.15) is 110 Å². The van der Waals surface area contributed by atoms with Crippen LogP contribution in [0.2, 0.25) is 0 Å². The van der Waals surface area contributed by atoms with Crippen LogP contribution in [-0.2, 0) is 28.8 Å². The molecule has 4 aliphatic rings. The minimum atomic E-state index is -1.02. The third-order valence-electron chi connectivity index (χ3n) is 9.90. The maximum atomic E-state index is 14.5. The molecule has 3 fully saturated rings. The summed E-state index contributed by atoms with van der Waals surface area (Å²) in [5.74, 6) is -2.16. The highest BCUT2D eigenvalue weighted by atomic mass is 16.7. The summed E-state index contributed by atoms with van der Waals surface area (Å²) >= 11 is 0. The van der Waals surface area contributed by atoms with E-state index < -0.39 is 46.7 Å². The Balaban J connectivity index is 1.37. The Bertz CT molecular complexity index is 1360. The van der Waals surface area contributed by atoms with Crippen molar-refractivity contribution in [1.82, 2.24) is 20.9 Å². The monoisotopic (exact) mass is 649 g/mol. The number of carbonyl (C=O) groups is 5. The third-order valence-corrected chi connectivity index (χ3v) is 9.90. The standard InChI is InChI=1S/C36H51N5O6/c1-5-12-26(30(43)33(45)37-25-17-18-25)38-32(44)28-21-36(20-27(40-47-36)24-15-10-7-11-16-24)22-41(28)34(46)31(35(2,3)4)39-29(42)19-23-13-8-6-9-14-23/h7,10-11,15-16,23,25-26,28,31H,5-6,8-9,12-14,17-22H2,1-4H3,(H,37,45)(H,38,44)(H,39,42)/t26-,28-,31+,36+/m0/s1. The van der Waals surface area contributed by atoms with E-state index in [-0.39, 0.29) is 37.2 Å². The molecule has 0 aromatic heterocycles. The molecule has 4 amide bonds. The first-order valence-electron chi connectivity index (χ1n) is 17.4. The molecule has 1 aromatic carbocycles. The Kier molecular flexibility index (Phi) is 10.7. The molecule has 2 saturated carbocycles. The van der Waals surface area contributed by atoms with E-state index in [2.05, 4.69) is 21.1 Å². The number of rotatable bonds is 12. The van der Waals surface area contributed by atoms with E-state index in [1.165, 1.54) is 11.3 Å². The summed E-state index contributed by atoms with van der Waals surface area (Å²) in [7, 11) is 0. The summed E-state index contributed by atoms with van der Waals surface area (Å²) in [5.41, 5.74) is 0.0150. The van der Waals surface area contributed by atoms with Crippen LogP contribution in [0.3, 0.4) is 0 Å². The van der Waals surface area contributed by atoms with Crippen LogP contribution < -0.4 is 16.0 Å². The van der Waals surface area contributed by atoms with E-state index in [4.69, 9.17) is 4.84 Å². The molecular weight excluding hydrogens is 598 g/mol. The molecule has 2 aliphatic heterocycles. The van der Waals surface area contributed by atoms with Crippen LogP contribution >= 0.6 is 0 Å². The maximum absolute atomic E-state index is 14.5. The van der Waals surface area contributed by atoms with Gasteiger partial charge >= 0.3 is 0 Å². The Hall–Kier alpha value is -3.76. The van der Waals surface area contributed by atoms with Crippen molar-refractivity contribution >= 4 is 35.1 Å². The average Bonchev–Trinajstić information content (AvgIpc) is 3.64. The number of oxime groups is 1. The summed E-state index contributed by atoms with van der Waals surface area (Å²) in [5, 5.41) is 13.0. The zero-order valence-corrected chi connectivity index (χ0v) is 28.3.